The summed E-state index contributed by atoms with van der Waals surface area (Å²) in [6.07, 6.45) is 3.84. The fourth-order valence-electron chi connectivity index (χ4n) is 3.36. The third-order valence-corrected chi connectivity index (χ3v) is 4.83. The number of hydrazone groups is 1. The number of pyridine rings is 1. The molecule has 0 radical (unpaired) electrons. The number of nitrogens with one attached hydrogen (secondary N) is 1. The van der Waals surface area contributed by atoms with Crippen molar-refractivity contribution in [3.05, 3.63) is 66.4 Å². The molecule has 2 heterocycles. The van der Waals surface area contributed by atoms with E-state index >= 15 is 0 Å². The Labute approximate surface area is 159 Å². The first-order valence-corrected chi connectivity index (χ1v) is 9.28. The monoisotopic (exact) mass is 355 g/mol. The van der Waals surface area contributed by atoms with Gasteiger partial charge in [0, 0.05) is 24.2 Å². The highest BCUT2D eigenvalue weighted by Gasteiger charge is 2.10. The molecule has 0 aliphatic carbocycles. The molecular weight excluding hydrogens is 334 g/mol. The van der Waals surface area contributed by atoms with E-state index in [1.807, 2.05) is 48.5 Å². The molecule has 1 aliphatic heterocycles. The van der Waals surface area contributed by atoms with Gasteiger partial charge >= 0.3 is 0 Å². The minimum absolute atomic E-state index is 0.265. The molecule has 0 amide bonds. The van der Waals surface area contributed by atoms with E-state index in [2.05, 4.69) is 38.6 Å². The van der Waals surface area contributed by atoms with Crippen molar-refractivity contribution in [2.45, 2.75) is 19.3 Å². The number of hydrogen-bond acceptors (Lipinski definition) is 5. The Balaban J connectivity index is 1.50. The molecule has 4 rings (SSSR count). The molecule has 134 valence electrons. The van der Waals surface area contributed by atoms with Crippen LogP contribution < -0.4 is 10.3 Å². The van der Waals surface area contributed by atoms with Crippen LogP contribution >= 0.6 is 0 Å². The first-order chi connectivity index (χ1) is 13.3. The van der Waals surface area contributed by atoms with E-state index in [9.17, 15) is 5.26 Å². The molecule has 3 aromatic rings. The van der Waals surface area contributed by atoms with Crippen LogP contribution in [-0.4, -0.2) is 23.8 Å². The Morgan fingerprint density at radius 2 is 1.74 bits per heavy atom. The highest BCUT2D eigenvalue weighted by molar-refractivity contribution is 6.11. The molecule has 0 unspecified atom stereocenters. The number of benzene rings is 2. The molecule has 1 N–H and O–H groups in total. The molecule has 1 fully saturated rings. The first-order valence-electron chi connectivity index (χ1n) is 9.28. The molecule has 5 heteroatoms. The van der Waals surface area contributed by atoms with Crippen molar-refractivity contribution < 1.29 is 0 Å². The fraction of sp³-hybridized carbons (Fsp3) is 0.227. The van der Waals surface area contributed by atoms with Crippen LogP contribution in [0.25, 0.3) is 10.9 Å². The van der Waals surface area contributed by atoms with Crippen LogP contribution in [0.15, 0.2) is 65.8 Å². The highest BCUT2D eigenvalue weighted by atomic mass is 15.3. The molecule has 0 atom stereocenters. The summed E-state index contributed by atoms with van der Waals surface area (Å²) in [4.78, 5) is 6.95. The number of nitriles is 1. The molecule has 1 saturated heterocycles. The lowest BCUT2D eigenvalue weighted by Crippen LogP contribution is -2.29. The van der Waals surface area contributed by atoms with Crippen LogP contribution in [0.3, 0.4) is 0 Å². The largest absolute Gasteiger partial charge is 0.372 e. The summed E-state index contributed by atoms with van der Waals surface area (Å²) in [5, 5.41) is 14.8. The van der Waals surface area contributed by atoms with Gasteiger partial charge in [0.2, 0.25) is 0 Å². The zero-order chi connectivity index (χ0) is 18.5. The summed E-state index contributed by atoms with van der Waals surface area (Å²) in [6.45, 7) is 2.24. The summed E-state index contributed by atoms with van der Waals surface area (Å²) in [7, 11) is 0. The number of aromatic nitrogens is 1. The normalized spacial score (nSPS) is 14.8. The number of fused-ring (bicyclic) bond motifs is 1. The van der Waals surface area contributed by atoms with Crippen LogP contribution in [0.4, 0.5) is 11.4 Å². The van der Waals surface area contributed by atoms with Gasteiger partial charge in [0.1, 0.15) is 11.8 Å². The van der Waals surface area contributed by atoms with Crippen molar-refractivity contribution >= 4 is 28.0 Å². The standard InChI is InChI=1S/C22H21N5/c23-16-22(21-13-8-17-6-2-3-7-20(17)24-21)26-25-18-9-11-19(12-10-18)27-14-4-1-5-15-27/h2-3,6-13,25H,1,4-5,14-15H2/b26-22+. The molecular formula is C22H21N5. The van der Waals surface area contributed by atoms with Gasteiger partial charge in [0.05, 0.1) is 11.2 Å². The minimum Gasteiger partial charge on any atom is -0.372 e. The summed E-state index contributed by atoms with van der Waals surface area (Å²) >= 11 is 0. The molecule has 1 aromatic heterocycles. The number of anilines is 2. The van der Waals surface area contributed by atoms with Crippen molar-refractivity contribution in [2.24, 2.45) is 5.10 Å². The Bertz CT molecular complexity index is 995. The van der Waals surface area contributed by atoms with E-state index < -0.39 is 0 Å². The van der Waals surface area contributed by atoms with E-state index in [4.69, 9.17) is 0 Å². The molecule has 5 nitrogen and oxygen atoms in total. The molecule has 2 aromatic carbocycles. The van der Waals surface area contributed by atoms with Gasteiger partial charge in [-0.25, -0.2) is 4.98 Å². The Morgan fingerprint density at radius 1 is 0.963 bits per heavy atom. The topological polar surface area (TPSA) is 64.3 Å². The van der Waals surface area contributed by atoms with Gasteiger partial charge in [-0.1, -0.05) is 24.3 Å². The van der Waals surface area contributed by atoms with Gasteiger partial charge < -0.3 is 4.90 Å². The van der Waals surface area contributed by atoms with E-state index in [1.54, 1.807) is 0 Å². The first kappa shape index (κ1) is 17.0. The van der Waals surface area contributed by atoms with E-state index in [-0.39, 0.29) is 5.71 Å². The molecule has 27 heavy (non-hydrogen) atoms. The van der Waals surface area contributed by atoms with E-state index in [1.165, 1.54) is 24.9 Å². The molecule has 1 aliphatic rings. The third-order valence-electron chi connectivity index (χ3n) is 4.83. The van der Waals surface area contributed by atoms with Crippen molar-refractivity contribution in [2.75, 3.05) is 23.4 Å². The second-order valence-electron chi connectivity index (χ2n) is 6.67. The second kappa shape index (κ2) is 7.88. The van der Waals surface area contributed by atoms with Crippen LogP contribution in [-0.2, 0) is 0 Å². The lowest BCUT2D eigenvalue weighted by molar-refractivity contribution is 0.578. The van der Waals surface area contributed by atoms with Gasteiger partial charge in [0.15, 0.2) is 5.71 Å². The fourth-order valence-corrected chi connectivity index (χ4v) is 3.36. The van der Waals surface area contributed by atoms with Crippen LogP contribution in [0.1, 0.15) is 25.0 Å². The van der Waals surface area contributed by atoms with Gasteiger partial charge in [-0.15, -0.1) is 0 Å². The van der Waals surface area contributed by atoms with Gasteiger partial charge in [0.25, 0.3) is 0 Å². The number of rotatable bonds is 4. The van der Waals surface area contributed by atoms with Crippen LogP contribution in [0, 0.1) is 11.3 Å². The van der Waals surface area contributed by atoms with E-state index in [0.29, 0.717) is 5.69 Å². The molecule has 0 saturated carbocycles. The number of hydrogen-bond donors (Lipinski definition) is 1. The maximum absolute atomic E-state index is 9.48. The smallest absolute Gasteiger partial charge is 0.186 e. The highest BCUT2D eigenvalue weighted by Crippen LogP contribution is 2.22. The Morgan fingerprint density at radius 3 is 2.52 bits per heavy atom. The SMILES string of the molecule is N#C/C(=N\Nc1ccc(N2CCCCC2)cc1)c1ccc2ccccc2n1. The van der Waals surface area contributed by atoms with Crippen molar-refractivity contribution in [1.29, 1.82) is 5.26 Å². The van der Waals surface area contributed by atoms with E-state index in [0.717, 1.165) is 29.7 Å². The minimum atomic E-state index is 0.265. The average molecular weight is 355 g/mol. The lowest BCUT2D eigenvalue weighted by Gasteiger charge is -2.28. The van der Waals surface area contributed by atoms with Gasteiger partial charge in [-0.3, -0.25) is 5.43 Å². The second-order valence-corrected chi connectivity index (χ2v) is 6.67. The van der Waals surface area contributed by atoms with Gasteiger partial charge in [-0.05, 0) is 55.7 Å². The summed E-state index contributed by atoms with van der Waals surface area (Å²) in [6, 6.07) is 21.9. The third kappa shape index (κ3) is 3.90. The van der Waals surface area contributed by atoms with Gasteiger partial charge in [-0.2, -0.15) is 10.4 Å². The summed E-state index contributed by atoms with van der Waals surface area (Å²) in [5.41, 5.74) is 6.75. The Kier molecular flexibility index (Phi) is 4.97. The predicted octanol–water partition coefficient (Wildman–Crippen LogP) is 4.56. The van der Waals surface area contributed by atoms with Crippen LogP contribution in [0.2, 0.25) is 0 Å². The average Bonchev–Trinajstić information content (AvgIpc) is 2.75. The quantitative estimate of drug-likeness (QED) is 0.550. The van der Waals surface area contributed by atoms with Crippen molar-refractivity contribution in [1.82, 2.24) is 4.98 Å². The summed E-state index contributed by atoms with van der Waals surface area (Å²) < 4.78 is 0. The Hall–Kier alpha value is -3.39. The summed E-state index contributed by atoms with van der Waals surface area (Å²) in [5.74, 6) is 0. The van der Waals surface area contributed by atoms with Crippen molar-refractivity contribution in [3.8, 4) is 6.07 Å². The van der Waals surface area contributed by atoms with Crippen LogP contribution in [0.5, 0.6) is 0 Å². The number of piperidine rings is 1. The lowest BCUT2D eigenvalue weighted by atomic mass is 10.1. The number of para-hydroxylation sites is 1. The van der Waals surface area contributed by atoms with Crippen molar-refractivity contribution in [3.63, 3.8) is 0 Å². The molecule has 0 bridgehead atoms. The molecule has 0 spiro atoms. The maximum Gasteiger partial charge on any atom is 0.186 e. The zero-order valence-electron chi connectivity index (χ0n) is 15.1. The predicted molar refractivity (Wildman–Crippen MR) is 110 cm³/mol. The number of nitrogens with zero attached hydrogens (tertiary/aromatic N) is 4. The zero-order valence-corrected chi connectivity index (χ0v) is 15.1. The maximum atomic E-state index is 9.48.